The fourth-order valence-corrected chi connectivity index (χ4v) is 2.36. The van der Waals surface area contributed by atoms with Crippen LogP contribution in [-0.2, 0) is 0 Å². The van der Waals surface area contributed by atoms with Gasteiger partial charge in [0.1, 0.15) is 5.75 Å². The van der Waals surface area contributed by atoms with E-state index in [1.807, 2.05) is 36.4 Å². The summed E-state index contributed by atoms with van der Waals surface area (Å²) >= 11 is 2.22. The third kappa shape index (κ3) is 4.56. The molecule has 2 aromatic carbocycles. The molecule has 110 valence electrons. The Morgan fingerprint density at radius 1 is 1.10 bits per heavy atom. The van der Waals surface area contributed by atoms with E-state index in [1.165, 1.54) is 5.56 Å². The van der Waals surface area contributed by atoms with Crippen molar-refractivity contribution in [2.45, 2.75) is 26.2 Å². The topological polar surface area (TPSA) is 26.3 Å². The molecule has 0 aliphatic heterocycles. The van der Waals surface area contributed by atoms with Crippen LogP contribution < -0.4 is 4.74 Å². The van der Waals surface area contributed by atoms with Crippen LogP contribution in [0.2, 0.25) is 0 Å². The maximum absolute atomic E-state index is 12.0. The average Bonchev–Trinajstić information content (AvgIpc) is 2.53. The number of ketones is 1. The molecule has 2 nitrogen and oxygen atoms in total. The van der Waals surface area contributed by atoms with E-state index < -0.39 is 0 Å². The van der Waals surface area contributed by atoms with Crippen LogP contribution in [0.4, 0.5) is 0 Å². The first-order valence-electron chi connectivity index (χ1n) is 7.11. The molecule has 0 radical (unpaired) electrons. The van der Waals surface area contributed by atoms with Crippen molar-refractivity contribution in [3.05, 3.63) is 63.2 Å². The van der Waals surface area contributed by atoms with Crippen molar-refractivity contribution in [1.29, 1.82) is 0 Å². The molecule has 0 heterocycles. The Balaban J connectivity index is 1.93. The monoisotopic (exact) mass is 394 g/mol. The van der Waals surface area contributed by atoms with Gasteiger partial charge in [0.15, 0.2) is 12.4 Å². The van der Waals surface area contributed by atoms with Crippen LogP contribution in [0.15, 0.2) is 48.5 Å². The summed E-state index contributed by atoms with van der Waals surface area (Å²) < 4.78 is 6.69. The van der Waals surface area contributed by atoms with Gasteiger partial charge in [0.25, 0.3) is 0 Å². The molecule has 0 aliphatic rings. The summed E-state index contributed by atoms with van der Waals surface area (Å²) in [5.41, 5.74) is 1.99. The highest BCUT2D eigenvalue weighted by Crippen LogP contribution is 2.21. The highest BCUT2D eigenvalue weighted by Gasteiger charge is 2.07. The van der Waals surface area contributed by atoms with E-state index in [4.69, 9.17) is 4.74 Å². The lowest BCUT2D eigenvalue weighted by Gasteiger charge is -2.10. The fraction of sp³-hybridized carbons (Fsp3) is 0.278. The van der Waals surface area contributed by atoms with E-state index in [1.54, 1.807) is 0 Å². The minimum atomic E-state index is -0.00240. The Bertz CT molecular complexity index is 588. The smallest absolute Gasteiger partial charge is 0.200 e. The van der Waals surface area contributed by atoms with Gasteiger partial charge in [-0.1, -0.05) is 38.1 Å². The number of carbonyl (C=O) groups is 1. The zero-order valence-electron chi connectivity index (χ0n) is 12.3. The second-order valence-electron chi connectivity index (χ2n) is 5.10. The molecule has 0 saturated heterocycles. The number of rotatable bonds is 6. The molecule has 0 aromatic heterocycles. The van der Waals surface area contributed by atoms with Gasteiger partial charge < -0.3 is 4.74 Å². The molecule has 0 saturated carbocycles. The molecular weight excluding hydrogens is 375 g/mol. The van der Waals surface area contributed by atoms with Crippen LogP contribution in [0, 0.1) is 3.57 Å². The summed E-state index contributed by atoms with van der Waals surface area (Å²) in [5, 5.41) is 0. The predicted molar refractivity (Wildman–Crippen MR) is 94.1 cm³/mol. The van der Waals surface area contributed by atoms with Crippen LogP contribution >= 0.6 is 22.6 Å². The van der Waals surface area contributed by atoms with Crippen molar-refractivity contribution in [1.82, 2.24) is 0 Å². The first-order chi connectivity index (χ1) is 10.1. The van der Waals surface area contributed by atoms with E-state index in [0.29, 0.717) is 11.5 Å². The summed E-state index contributed by atoms with van der Waals surface area (Å²) in [5.74, 6) is 1.28. The number of Topliss-reactive ketones (excluding diaryl/α,β-unsaturated/α-hetero) is 1. The molecule has 0 spiro atoms. The van der Waals surface area contributed by atoms with Crippen LogP contribution in [0.1, 0.15) is 42.1 Å². The van der Waals surface area contributed by atoms with Crippen LogP contribution in [0.5, 0.6) is 5.75 Å². The molecule has 0 N–H and O–H groups in total. The average molecular weight is 394 g/mol. The highest BCUT2D eigenvalue weighted by molar-refractivity contribution is 14.1. The number of hydrogen-bond donors (Lipinski definition) is 0. The van der Waals surface area contributed by atoms with Crippen LogP contribution in [-0.4, -0.2) is 12.4 Å². The Morgan fingerprint density at radius 2 is 1.71 bits per heavy atom. The standard InChI is InChI=1S/C18H19IO2/c1-3-13(2)14-6-10-17(11-7-14)21-12-18(20)15-4-8-16(19)9-5-15/h4-11,13H,3,12H2,1-2H3. The maximum Gasteiger partial charge on any atom is 0.200 e. The van der Waals surface area contributed by atoms with Crippen molar-refractivity contribution in [2.75, 3.05) is 6.61 Å². The molecule has 0 amide bonds. The second-order valence-corrected chi connectivity index (χ2v) is 6.34. The zero-order chi connectivity index (χ0) is 15.2. The van der Waals surface area contributed by atoms with Gasteiger partial charge in [-0.2, -0.15) is 0 Å². The molecule has 1 unspecified atom stereocenters. The summed E-state index contributed by atoms with van der Waals surface area (Å²) in [6, 6.07) is 15.5. The fourth-order valence-electron chi connectivity index (χ4n) is 2.00. The number of halogens is 1. The molecule has 0 fully saturated rings. The Morgan fingerprint density at radius 3 is 2.29 bits per heavy atom. The Labute approximate surface area is 139 Å². The largest absolute Gasteiger partial charge is 0.485 e. The lowest BCUT2D eigenvalue weighted by Crippen LogP contribution is -2.11. The SMILES string of the molecule is CCC(C)c1ccc(OCC(=O)c2ccc(I)cc2)cc1. The molecule has 2 rings (SSSR count). The van der Waals surface area contributed by atoms with Gasteiger partial charge in [0.05, 0.1) is 0 Å². The van der Waals surface area contributed by atoms with Gasteiger partial charge in [-0.05, 0) is 64.8 Å². The second kappa shape index (κ2) is 7.59. The summed E-state index contributed by atoms with van der Waals surface area (Å²) in [4.78, 5) is 12.0. The summed E-state index contributed by atoms with van der Waals surface area (Å²) in [6.45, 7) is 4.45. The van der Waals surface area contributed by atoms with Gasteiger partial charge in [0, 0.05) is 9.13 Å². The summed E-state index contributed by atoms with van der Waals surface area (Å²) in [7, 11) is 0. The Kier molecular flexibility index (Phi) is 5.79. The lowest BCUT2D eigenvalue weighted by molar-refractivity contribution is 0.0921. The highest BCUT2D eigenvalue weighted by atomic mass is 127. The van der Waals surface area contributed by atoms with Crippen molar-refractivity contribution in [3.8, 4) is 5.75 Å². The lowest BCUT2D eigenvalue weighted by atomic mass is 9.99. The predicted octanol–water partition coefficient (Wildman–Crippen LogP) is 5.07. The van der Waals surface area contributed by atoms with Gasteiger partial charge in [-0.15, -0.1) is 0 Å². The van der Waals surface area contributed by atoms with E-state index in [-0.39, 0.29) is 12.4 Å². The van der Waals surface area contributed by atoms with Gasteiger partial charge in [0.2, 0.25) is 0 Å². The quantitative estimate of drug-likeness (QED) is 0.505. The summed E-state index contributed by atoms with van der Waals surface area (Å²) in [6.07, 6.45) is 1.12. The molecule has 0 aliphatic carbocycles. The van der Waals surface area contributed by atoms with Crippen LogP contribution in [0.25, 0.3) is 0 Å². The molecule has 1 atom stereocenters. The van der Waals surface area contributed by atoms with Crippen molar-refractivity contribution < 1.29 is 9.53 Å². The molecule has 3 heteroatoms. The normalized spacial score (nSPS) is 12.0. The van der Waals surface area contributed by atoms with Gasteiger partial charge >= 0.3 is 0 Å². The molecule has 2 aromatic rings. The first kappa shape index (κ1) is 16.0. The van der Waals surface area contributed by atoms with E-state index in [9.17, 15) is 4.79 Å². The van der Waals surface area contributed by atoms with Gasteiger partial charge in [-0.3, -0.25) is 4.79 Å². The molecular formula is C18H19IO2. The van der Waals surface area contributed by atoms with E-state index in [0.717, 1.165) is 15.7 Å². The number of benzene rings is 2. The van der Waals surface area contributed by atoms with Crippen molar-refractivity contribution in [3.63, 3.8) is 0 Å². The van der Waals surface area contributed by atoms with Crippen LogP contribution in [0.3, 0.4) is 0 Å². The van der Waals surface area contributed by atoms with E-state index >= 15 is 0 Å². The zero-order valence-corrected chi connectivity index (χ0v) is 14.5. The minimum absolute atomic E-state index is 0.00240. The number of hydrogen-bond acceptors (Lipinski definition) is 2. The van der Waals surface area contributed by atoms with Gasteiger partial charge in [-0.25, -0.2) is 0 Å². The van der Waals surface area contributed by atoms with Crippen molar-refractivity contribution >= 4 is 28.4 Å². The Hall–Kier alpha value is -1.36. The molecule has 21 heavy (non-hydrogen) atoms. The minimum Gasteiger partial charge on any atom is -0.485 e. The van der Waals surface area contributed by atoms with Crippen molar-refractivity contribution in [2.24, 2.45) is 0 Å². The van der Waals surface area contributed by atoms with E-state index in [2.05, 4.69) is 48.6 Å². The molecule has 0 bridgehead atoms. The number of carbonyl (C=O) groups excluding carboxylic acids is 1. The maximum atomic E-state index is 12.0. The third-order valence-corrected chi connectivity index (χ3v) is 4.32. The number of ether oxygens (including phenoxy) is 1. The first-order valence-corrected chi connectivity index (χ1v) is 8.19. The third-order valence-electron chi connectivity index (χ3n) is 3.60.